The van der Waals surface area contributed by atoms with Crippen LogP contribution in [0.3, 0.4) is 0 Å². The van der Waals surface area contributed by atoms with Gasteiger partial charge in [0.1, 0.15) is 5.84 Å². The second-order valence-electron chi connectivity index (χ2n) is 3.62. The van der Waals surface area contributed by atoms with Gasteiger partial charge in [-0.1, -0.05) is 12.1 Å². The van der Waals surface area contributed by atoms with Gasteiger partial charge < -0.3 is 10.5 Å². The van der Waals surface area contributed by atoms with Gasteiger partial charge in [-0.2, -0.15) is 0 Å². The van der Waals surface area contributed by atoms with E-state index in [1.807, 2.05) is 24.3 Å². The number of hydrogen-bond donors (Lipinski definition) is 1. The fourth-order valence-electron chi connectivity index (χ4n) is 1.59. The molecule has 1 atom stereocenters. The Hall–Kier alpha value is -1.49. The Kier molecular flexibility index (Phi) is 3.68. The number of benzene rings is 1. The average molecular weight is 250 g/mol. The number of carbonyl (C=O) groups is 1. The maximum atomic E-state index is 11.4. The third-order valence-corrected chi connectivity index (χ3v) is 3.66. The van der Waals surface area contributed by atoms with Crippen molar-refractivity contribution >= 4 is 29.3 Å². The van der Waals surface area contributed by atoms with Crippen LogP contribution in [0.25, 0.3) is 0 Å². The highest BCUT2D eigenvalue weighted by Gasteiger charge is 2.24. The van der Waals surface area contributed by atoms with E-state index in [1.165, 1.54) is 0 Å². The Morgan fingerprint density at radius 2 is 2.29 bits per heavy atom. The van der Waals surface area contributed by atoms with E-state index in [0.29, 0.717) is 12.4 Å². The molecule has 0 fully saturated rings. The molecule has 0 radical (unpaired) electrons. The molecule has 1 unspecified atom stereocenters. The predicted molar refractivity (Wildman–Crippen MR) is 68.6 cm³/mol. The summed E-state index contributed by atoms with van der Waals surface area (Å²) in [4.78, 5) is 16.8. The predicted octanol–water partition coefficient (Wildman–Crippen LogP) is 2.10. The summed E-state index contributed by atoms with van der Waals surface area (Å²) in [7, 11) is 0. The molecule has 2 N–H and O–H groups in total. The molecule has 0 bridgehead atoms. The number of hydrogen-bond acceptors (Lipinski definition) is 5. The van der Waals surface area contributed by atoms with Gasteiger partial charge in [-0.15, -0.1) is 11.8 Å². The van der Waals surface area contributed by atoms with Crippen LogP contribution >= 0.6 is 11.8 Å². The number of para-hydroxylation sites is 1. The minimum Gasteiger partial charge on any atom is -0.466 e. The molecule has 17 heavy (non-hydrogen) atoms. The number of esters is 1. The summed E-state index contributed by atoms with van der Waals surface area (Å²) >= 11 is 1.56. The summed E-state index contributed by atoms with van der Waals surface area (Å²) in [6, 6.07) is 7.76. The number of rotatable bonds is 3. The number of amidine groups is 1. The largest absolute Gasteiger partial charge is 0.466 e. The Morgan fingerprint density at radius 1 is 1.53 bits per heavy atom. The van der Waals surface area contributed by atoms with Gasteiger partial charge in [0.15, 0.2) is 0 Å². The molecule has 0 aromatic heterocycles. The Bertz CT molecular complexity index is 460. The van der Waals surface area contributed by atoms with Gasteiger partial charge in [-0.05, 0) is 19.1 Å². The van der Waals surface area contributed by atoms with Crippen LogP contribution < -0.4 is 5.73 Å². The summed E-state index contributed by atoms with van der Waals surface area (Å²) in [6.45, 7) is 2.18. The molecule has 0 aliphatic carbocycles. The molecule has 0 saturated heterocycles. The molecule has 90 valence electrons. The molecule has 0 spiro atoms. The smallest absolute Gasteiger partial charge is 0.307 e. The Morgan fingerprint density at radius 3 is 3.06 bits per heavy atom. The van der Waals surface area contributed by atoms with Gasteiger partial charge in [-0.25, -0.2) is 4.99 Å². The maximum absolute atomic E-state index is 11.4. The molecular formula is C12H14N2O2S. The van der Waals surface area contributed by atoms with Crippen LogP contribution in [0.15, 0.2) is 34.2 Å². The van der Waals surface area contributed by atoms with Crippen molar-refractivity contribution in [1.29, 1.82) is 0 Å². The van der Waals surface area contributed by atoms with Gasteiger partial charge >= 0.3 is 5.97 Å². The van der Waals surface area contributed by atoms with E-state index in [9.17, 15) is 4.79 Å². The van der Waals surface area contributed by atoms with Crippen molar-refractivity contribution < 1.29 is 9.53 Å². The monoisotopic (exact) mass is 250 g/mol. The molecule has 1 aliphatic heterocycles. The fourth-order valence-corrected chi connectivity index (χ4v) is 2.68. The molecule has 2 rings (SSSR count). The van der Waals surface area contributed by atoms with Crippen LogP contribution in [-0.4, -0.2) is 23.7 Å². The van der Waals surface area contributed by atoms with Crippen molar-refractivity contribution in [1.82, 2.24) is 0 Å². The van der Waals surface area contributed by atoms with Crippen LogP contribution in [0.1, 0.15) is 13.3 Å². The fraction of sp³-hybridized carbons (Fsp3) is 0.333. The molecule has 1 aliphatic rings. The average Bonchev–Trinajstić information content (AvgIpc) is 2.30. The number of thioether (sulfide) groups is 1. The quantitative estimate of drug-likeness (QED) is 0.834. The van der Waals surface area contributed by atoms with Crippen LogP contribution in [0.4, 0.5) is 5.69 Å². The van der Waals surface area contributed by atoms with E-state index < -0.39 is 0 Å². The van der Waals surface area contributed by atoms with Crippen LogP contribution in [0.5, 0.6) is 0 Å². The second kappa shape index (κ2) is 5.23. The third kappa shape index (κ3) is 2.79. The first-order valence-electron chi connectivity index (χ1n) is 5.46. The number of aliphatic imine (C=N–C) groups is 1. The Labute approximate surface area is 104 Å². The highest BCUT2D eigenvalue weighted by Crippen LogP contribution is 2.37. The lowest BCUT2D eigenvalue weighted by Gasteiger charge is -2.20. The highest BCUT2D eigenvalue weighted by molar-refractivity contribution is 8.00. The summed E-state index contributed by atoms with van der Waals surface area (Å²) in [5, 5.41) is -0.121. The zero-order valence-electron chi connectivity index (χ0n) is 9.55. The van der Waals surface area contributed by atoms with E-state index in [0.717, 1.165) is 10.6 Å². The summed E-state index contributed by atoms with van der Waals surface area (Å²) in [5.74, 6) is 0.254. The zero-order valence-corrected chi connectivity index (χ0v) is 10.4. The van der Waals surface area contributed by atoms with Crippen molar-refractivity contribution in [2.24, 2.45) is 10.7 Å². The zero-order chi connectivity index (χ0) is 12.3. The summed E-state index contributed by atoms with van der Waals surface area (Å²) < 4.78 is 4.92. The van der Waals surface area contributed by atoms with Gasteiger partial charge in [0.05, 0.1) is 24.0 Å². The first-order valence-corrected chi connectivity index (χ1v) is 6.34. The highest BCUT2D eigenvalue weighted by atomic mass is 32.2. The van der Waals surface area contributed by atoms with E-state index in [4.69, 9.17) is 10.5 Å². The third-order valence-electron chi connectivity index (χ3n) is 2.37. The number of carbonyl (C=O) groups excluding carboxylic acids is 1. The molecule has 1 heterocycles. The summed E-state index contributed by atoms with van der Waals surface area (Å²) in [6.07, 6.45) is 0.266. The molecule has 4 nitrogen and oxygen atoms in total. The Balaban J connectivity index is 2.11. The van der Waals surface area contributed by atoms with Gasteiger partial charge in [0.2, 0.25) is 0 Å². The number of fused-ring (bicyclic) bond motifs is 1. The summed E-state index contributed by atoms with van der Waals surface area (Å²) in [5.41, 5.74) is 6.73. The molecule has 0 amide bonds. The number of nitrogens with two attached hydrogens (primary N) is 1. The van der Waals surface area contributed by atoms with Crippen LogP contribution in [-0.2, 0) is 9.53 Å². The standard InChI is InChI=1S/C12H14N2O2S/c1-2-16-11(15)7-10-12(13)14-8-5-3-4-6-9(8)17-10/h3-6,10H,2,7H2,1H3,(H2,13,14). The van der Waals surface area contributed by atoms with Gasteiger partial charge in [0, 0.05) is 4.90 Å². The number of nitrogens with zero attached hydrogens (tertiary/aromatic N) is 1. The lowest BCUT2D eigenvalue weighted by molar-refractivity contribution is -0.142. The van der Waals surface area contributed by atoms with Crippen molar-refractivity contribution in [2.45, 2.75) is 23.5 Å². The van der Waals surface area contributed by atoms with Crippen LogP contribution in [0.2, 0.25) is 0 Å². The minimum atomic E-state index is -0.234. The molecule has 1 aromatic carbocycles. The lowest BCUT2D eigenvalue weighted by atomic mass is 10.2. The van der Waals surface area contributed by atoms with E-state index >= 15 is 0 Å². The van der Waals surface area contributed by atoms with Crippen molar-refractivity contribution in [3.8, 4) is 0 Å². The van der Waals surface area contributed by atoms with E-state index in [2.05, 4.69) is 4.99 Å². The lowest BCUT2D eigenvalue weighted by Crippen LogP contribution is -2.30. The van der Waals surface area contributed by atoms with Crippen molar-refractivity contribution in [3.63, 3.8) is 0 Å². The second-order valence-corrected chi connectivity index (χ2v) is 4.86. The van der Waals surface area contributed by atoms with Crippen molar-refractivity contribution in [3.05, 3.63) is 24.3 Å². The van der Waals surface area contributed by atoms with E-state index in [1.54, 1.807) is 18.7 Å². The molecular weight excluding hydrogens is 236 g/mol. The normalized spacial score (nSPS) is 18.2. The maximum Gasteiger partial charge on any atom is 0.307 e. The van der Waals surface area contributed by atoms with Crippen molar-refractivity contribution in [2.75, 3.05) is 6.61 Å². The first-order chi connectivity index (χ1) is 8.20. The molecule has 5 heteroatoms. The SMILES string of the molecule is CCOC(=O)CC1Sc2ccccc2N=C1N. The minimum absolute atomic E-state index is 0.121. The topological polar surface area (TPSA) is 64.7 Å². The number of ether oxygens (including phenoxy) is 1. The van der Waals surface area contributed by atoms with Gasteiger partial charge in [-0.3, -0.25) is 4.79 Å². The van der Waals surface area contributed by atoms with Crippen LogP contribution in [0, 0.1) is 0 Å². The molecule has 0 saturated carbocycles. The van der Waals surface area contributed by atoms with Gasteiger partial charge in [0.25, 0.3) is 0 Å². The molecule has 1 aromatic rings. The first kappa shape index (κ1) is 12.0. The van der Waals surface area contributed by atoms with E-state index in [-0.39, 0.29) is 17.6 Å².